The first-order valence-electron chi connectivity index (χ1n) is 5.35. The molecular formula is C11H18N4. The van der Waals surface area contributed by atoms with E-state index in [9.17, 15) is 0 Å². The molecule has 1 aromatic heterocycles. The maximum atomic E-state index is 8.40. The normalized spacial score (nSPS) is 14.5. The van der Waals surface area contributed by atoms with E-state index in [1.807, 2.05) is 16.9 Å². The molecule has 1 heterocycles. The van der Waals surface area contributed by atoms with Gasteiger partial charge in [-0.1, -0.05) is 0 Å². The molecule has 0 aliphatic rings. The number of nitriles is 1. The highest BCUT2D eigenvalue weighted by atomic mass is 15.3. The SMILES string of the molecule is CC(NCCCC#N)C(C)n1cccn1. The van der Waals surface area contributed by atoms with Crippen LogP contribution < -0.4 is 5.32 Å². The molecule has 0 aliphatic heterocycles. The number of nitrogens with zero attached hydrogens (tertiary/aromatic N) is 3. The van der Waals surface area contributed by atoms with Crippen LogP contribution in [-0.2, 0) is 0 Å². The quantitative estimate of drug-likeness (QED) is 0.721. The Hall–Kier alpha value is -1.34. The Balaban J connectivity index is 2.28. The van der Waals surface area contributed by atoms with Gasteiger partial charge in [0.15, 0.2) is 0 Å². The standard InChI is InChI=1S/C11H18N4/c1-10(13-7-4-3-6-12)11(2)15-9-5-8-14-15/h5,8-11,13H,3-4,7H2,1-2H3. The lowest BCUT2D eigenvalue weighted by molar-refractivity contribution is 0.365. The largest absolute Gasteiger partial charge is 0.312 e. The molecule has 4 heteroatoms. The molecule has 1 rings (SSSR count). The lowest BCUT2D eigenvalue weighted by Crippen LogP contribution is -2.34. The number of hydrogen-bond acceptors (Lipinski definition) is 3. The molecule has 0 radical (unpaired) electrons. The summed E-state index contributed by atoms with van der Waals surface area (Å²) in [7, 11) is 0. The number of unbranched alkanes of at least 4 members (excludes halogenated alkanes) is 1. The second kappa shape index (κ2) is 6.20. The van der Waals surface area contributed by atoms with Gasteiger partial charge in [-0.15, -0.1) is 0 Å². The highest BCUT2D eigenvalue weighted by molar-refractivity contribution is 4.83. The van der Waals surface area contributed by atoms with Crippen LogP contribution in [0.2, 0.25) is 0 Å². The maximum absolute atomic E-state index is 8.40. The van der Waals surface area contributed by atoms with Crippen molar-refractivity contribution in [2.75, 3.05) is 6.54 Å². The van der Waals surface area contributed by atoms with E-state index in [1.54, 1.807) is 6.20 Å². The summed E-state index contributed by atoms with van der Waals surface area (Å²) in [5, 5.41) is 16.0. The molecule has 82 valence electrons. The Kier molecular flexibility index (Phi) is 4.85. The van der Waals surface area contributed by atoms with Gasteiger partial charge in [0.05, 0.1) is 12.1 Å². The van der Waals surface area contributed by atoms with Gasteiger partial charge < -0.3 is 5.32 Å². The van der Waals surface area contributed by atoms with Crippen LogP contribution in [0.25, 0.3) is 0 Å². The van der Waals surface area contributed by atoms with Crippen molar-refractivity contribution >= 4 is 0 Å². The highest BCUT2D eigenvalue weighted by Gasteiger charge is 2.12. The molecule has 0 spiro atoms. The molecule has 0 saturated carbocycles. The van der Waals surface area contributed by atoms with Crippen LogP contribution in [0, 0.1) is 11.3 Å². The van der Waals surface area contributed by atoms with Gasteiger partial charge in [-0.25, -0.2) is 0 Å². The van der Waals surface area contributed by atoms with E-state index in [4.69, 9.17) is 5.26 Å². The van der Waals surface area contributed by atoms with Crippen LogP contribution in [0.5, 0.6) is 0 Å². The fraction of sp³-hybridized carbons (Fsp3) is 0.636. The molecule has 0 bridgehead atoms. The van der Waals surface area contributed by atoms with Crippen LogP contribution in [0.4, 0.5) is 0 Å². The van der Waals surface area contributed by atoms with Crippen molar-refractivity contribution in [2.24, 2.45) is 0 Å². The van der Waals surface area contributed by atoms with E-state index in [1.165, 1.54) is 0 Å². The van der Waals surface area contributed by atoms with E-state index < -0.39 is 0 Å². The zero-order chi connectivity index (χ0) is 11.1. The third-order valence-electron chi connectivity index (χ3n) is 2.60. The number of rotatable bonds is 6. The monoisotopic (exact) mass is 206 g/mol. The summed E-state index contributed by atoms with van der Waals surface area (Å²) in [5.74, 6) is 0. The first-order valence-corrected chi connectivity index (χ1v) is 5.35. The summed E-state index contributed by atoms with van der Waals surface area (Å²) in [4.78, 5) is 0. The van der Waals surface area contributed by atoms with Crippen LogP contribution in [0.15, 0.2) is 18.5 Å². The van der Waals surface area contributed by atoms with Crippen molar-refractivity contribution in [3.8, 4) is 6.07 Å². The first kappa shape index (κ1) is 11.7. The van der Waals surface area contributed by atoms with Crippen LogP contribution in [0.1, 0.15) is 32.7 Å². The number of aromatic nitrogens is 2. The Bertz CT molecular complexity index is 299. The third-order valence-corrected chi connectivity index (χ3v) is 2.60. The van der Waals surface area contributed by atoms with Crippen molar-refractivity contribution < 1.29 is 0 Å². The van der Waals surface area contributed by atoms with Crippen molar-refractivity contribution in [1.82, 2.24) is 15.1 Å². The van der Waals surface area contributed by atoms with Crippen molar-refractivity contribution in [3.63, 3.8) is 0 Å². The van der Waals surface area contributed by atoms with Crippen LogP contribution >= 0.6 is 0 Å². The Morgan fingerprint density at radius 2 is 2.33 bits per heavy atom. The van der Waals surface area contributed by atoms with Gasteiger partial charge >= 0.3 is 0 Å². The molecule has 15 heavy (non-hydrogen) atoms. The zero-order valence-electron chi connectivity index (χ0n) is 9.35. The molecule has 0 fully saturated rings. The summed E-state index contributed by atoms with van der Waals surface area (Å²) in [5.41, 5.74) is 0. The van der Waals surface area contributed by atoms with E-state index in [0.29, 0.717) is 18.5 Å². The van der Waals surface area contributed by atoms with Gasteiger partial charge in [-0.2, -0.15) is 10.4 Å². The second-order valence-electron chi connectivity index (χ2n) is 3.73. The Morgan fingerprint density at radius 1 is 1.53 bits per heavy atom. The second-order valence-corrected chi connectivity index (χ2v) is 3.73. The van der Waals surface area contributed by atoms with Crippen molar-refractivity contribution in [2.45, 2.75) is 38.8 Å². The molecule has 1 N–H and O–H groups in total. The Morgan fingerprint density at radius 3 is 2.93 bits per heavy atom. The van der Waals surface area contributed by atoms with E-state index in [0.717, 1.165) is 13.0 Å². The average molecular weight is 206 g/mol. The summed E-state index contributed by atoms with van der Waals surface area (Å²) in [6, 6.07) is 4.77. The van der Waals surface area contributed by atoms with Gasteiger partial charge in [-0.05, 0) is 32.9 Å². The molecular weight excluding hydrogens is 188 g/mol. The number of nitrogens with one attached hydrogen (secondary N) is 1. The zero-order valence-corrected chi connectivity index (χ0v) is 9.35. The third kappa shape index (κ3) is 3.72. The van der Waals surface area contributed by atoms with E-state index in [2.05, 4.69) is 30.3 Å². The summed E-state index contributed by atoms with van der Waals surface area (Å²) >= 11 is 0. The van der Waals surface area contributed by atoms with Gasteiger partial charge in [-0.3, -0.25) is 4.68 Å². The molecule has 2 unspecified atom stereocenters. The maximum Gasteiger partial charge on any atom is 0.0641 e. The molecule has 0 aliphatic carbocycles. The predicted octanol–water partition coefficient (Wildman–Crippen LogP) is 1.73. The first-order chi connectivity index (χ1) is 7.25. The lowest BCUT2D eigenvalue weighted by atomic mass is 10.1. The molecule has 0 saturated heterocycles. The highest BCUT2D eigenvalue weighted by Crippen LogP contribution is 2.08. The molecule has 0 aromatic carbocycles. The fourth-order valence-electron chi connectivity index (χ4n) is 1.42. The van der Waals surface area contributed by atoms with Gasteiger partial charge in [0.2, 0.25) is 0 Å². The average Bonchev–Trinajstić information content (AvgIpc) is 2.76. The molecule has 1 aromatic rings. The summed E-state index contributed by atoms with van der Waals surface area (Å²) < 4.78 is 1.95. The van der Waals surface area contributed by atoms with Crippen molar-refractivity contribution in [3.05, 3.63) is 18.5 Å². The molecule has 4 nitrogen and oxygen atoms in total. The minimum atomic E-state index is 0.335. The van der Waals surface area contributed by atoms with Crippen LogP contribution in [0.3, 0.4) is 0 Å². The summed E-state index contributed by atoms with van der Waals surface area (Å²) in [6.45, 7) is 5.16. The predicted molar refractivity (Wildman–Crippen MR) is 59.2 cm³/mol. The van der Waals surface area contributed by atoms with E-state index in [-0.39, 0.29) is 0 Å². The van der Waals surface area contributed by atoms with Crippen molar-refractivity contribution in [1.29, 1.82) is 5.26 Å². The smallest absolute Gasteiger partial charge is 0.0641 e. The Labute approximate surface area is 90.9 Å². The molecule has 0 amide bonds. The van der Waals surface area contributed by atoms with E-state index >= 15 is 0 Å². The number of hydrogen-bond donors (Lipinski definition) is 1. The van der Waals surface area contributed by atoms with Gasteiger partial charge in [0.25, 0.3) is 0 Å². The topological polar surface area (TPSA) is 53.6 Å². The fourth-order valence-corrected chi connectivity index (χ4v) is 1.42. The molecule has 2 atom stereocenters. The van der Waals surface area contributed by atoms with Crippen LogP contribution in [-0.4, -0.2) is 22.4 Å². The van der Waals surface area contributed by atoms with Gasteiger partial charge in [0, 0.05) is 24.9 Å². The van der Waals surface area contributed by atoms with Gasteiger partial charge in [0.1, 0.15) is 0 Å². The summed E-state index contributed by atoms with van der Waals surface area (Å²) in [6.07, 6.45) is 5.29. The minimum absolute atomic E-state index is 0.335. The minimum Gasteiger partial charge on any atom is -0.312 e. The lowest BCUT2D eigenvalue weighted by Gasteiger charge is -2.21.